The summed E-state index contributed by atoms with van der Waals surface area (Å²) in [5, 5.41) is 0.806. The summed E-state index contributed by atoms with van der Waals surface area (Å²) in [6.07, 6.45) is -4.80. The molecule has 0 radical (unpaired) electrons. The van der Waals surface area contributed by atoms with Crippen molar-refractivity contribution in [3.8, 4) is 0 Å². The fourth-order valence-corrected chi connectivity index (χ4v) is 0.556. The van der Waals surface area contributed by atoms with Gasteiger partial charge < -0.3 is 4.74 Å². The van der Waals surface area contributed by atoms with Crippen LogP contribution in [0.3, 0.4) is 0 Å². The van der Waals surface area contributed by atoms with Crippen molar-refractivity contribution in [3.05, 3.63) is 0 Å². The number of carbonyl (C=O) groups is 1. The van der Waals surface area contributed by atoms with Crippen molar-refractivity contribution in [2.75, 3.05) is 27.4 Å². The summed E-state index contributed by atoms with van der Waals surface area (Å²) >= 11 is 0. The van der Waals surface area contributed by atoms with Gasteiger partial charge in [-0.15, -0.1) is 0 Å². The lowest BCUT2D eigenvalue weighted by Crippen LogP contribution is -2.33. The first-order chi connectivity index (χ1) is 6.52. The topological polar surface area (TPSA) is 38.8 Å². The summed E-state index contributed by atoms with van der Waals surface area (Å²) < 4.78 is 40.0. The lowest BCUT2D eigenvalue weighted by atomic mass is 10.4. The molecule has 0 aliphatic carbocycles. The van der Waals surface area contributed by atoms with Crippen molar-refractivity contribution in [2.24, 2.45) is 0 Å². The molecule has 7 heteroatoms. The van der Waals surface area contributed by atoms with Crippen LogP contribution >= 0.6 is 0 Å². The number of hydrogen-bond acceptors (Lipinski definition) is 3. The zero-order chi connectivity index (χ0) is 11.1. The minimum absolute atomic E-state index is 0.636. The van der Waals surface area contributed by atoms with Crippen molar-refractivity contribution in [1.29, 1.82) is 0 Å². The summed E-state index contributed by atoms with van der Waals surface area (Å²) in [7, 11) is 2.52. The van der Waals surface area contributed by atoms with Crippen LogP contribution < -0.4 is 0 Å². The first-order valence-corrected chi connectivity index (χ1v) is 3.79. The highest BCUT2D eigenvalue weighted by atomic mass is 19.3. The highest BCUT2D eigenvalue weighted by molar-refractivity contribution is 5.76. The van der Waals surface area contributed by atoms with Gasteiger partial charge in [0.25, 0.3) is 12.3 Å². The Morgan fingerprint density at radius 3 is 2.43 bits per heavy atom. The molecule has 0 aromatic rings. The van der Waals surface area contributed by atoms with Gasteiger partial charge in [-0.3, -0.25) is 9.63 Å². The number of carbonyl (C=O) groups excluding carboxylic acids is 1. The Morgan fingerprint density at radius 1 is 1.50 bits per heavy atom. The zero-order valence-electron chi connectivity index (χ0n) is 7.87. The molecule has 14 heavy (non-hydrogen) atoms. The molecule has 0 aromatic carbocycles. The standard InChI is InChI=1S/C7H12F3NO3/c1-11(13-2)6(12)4-14-5(3-8)7(9)10/h5,7H,3-4H2,1-2H3. The Morgan fingerprint density at radius 2 is 2.07 bits per heavy atom. The van der Waals surface area contributed by atoms with Crippen molar-refractivity contribution in [3.63, 3.8) is 0 Å². The van der Waals surface area contributed by atoms with Crippen LogP contribution in [0, 0.1) is 0 Å². The lowest BCUT2D eigenvalue weighted by molar-refractivity contribution is -0.178. The van der Waals surface area contributed by atoms with Crippen LogP contribution in [0.25, 0.3) is 0 Å². The first kappa shape index (κ1) is 13.2. The van der Waals surface area contributed by atoms with E-state index in [9.17, 15) is 18.0 Å². The second-order valence-electron chi connectivity index (χ2n) is 2.41. The van der Waals surface area contributed by atoms with Gasteiger partial charge in [0.1, 0.15) is 19.4 Å². The van der Waals surface area contributed by atoms with Gasteiger partial charge in [-0.25, -0.2) is 18.2 Å². The lowest BCUT2D eigenvalue weighted by Gasteiger charge is -2.16. The van der Waals surface area contributed by atoms with Gasteiger partial charge in [-0.2, -0.15) is 0 Å². The number of ether oxygens (including phenoxy) is 1. The van der Waals surface area contributed by atoms with Crippen LogP contribution in [0.5, 0.6) is 0 Å². The summed E-state index contributed by atoms with van der Waals surface area (Å²) in [6.45, 7) is -1.97. The highest BCUT2D eigenvalue weighted by Crippen LogP contribution is 2.06. The molecule has 1 amide bonds. The molecular weight excluding hydrogens is 203 g/mol. The number of nitrogens with zero attached hydrogens (tertiary/aromatic N) is 1. The molecule has 1 atom stereocenters. The smallest absolute Gasteiger partial charge is 0.271 e. The van der Waals surface area contributed by atoms with E-state index in [-0.39, 0.29) is 0 Å². The molecule has 0 aliphatic heterocycles. The van der Waals surface area contributed by atoms with E-state index in [4.69, 9.17) is 0 Å². The fraction of sp³-hybridized carbons (Fsp3) is 0.857. The van der Waals surface area contributed by atoms with Crippen molar-refractivity contribution < 1.29 is 27.5 Å². The summed E-state index contributed by atoms with van der Waals surface area (Å²) in [5.41, 5.74) is 0. The Labute approximate surface area is 79.5 Å². The summed E-state index contributed by atoms with van der Waals surface area (Å²) in [6, 6.07) is 0. The molecule has 0 saturated carbocycles. The summed E-state index contributed by atoms with van der Waals surface area (Å²) in [5.74, 6) is -0.661. The Hall–Kier alpha value is -0.820. The van der Waals surface area contributed by atoms with Gasteiger partial charge in [0.05, 0.1) is 7.11 Å². The van der Waals surface area contributed by atoms with E-state index in [1.54, 1.807) is 0 Å². The van der Waals surface area contributed by atoms with Crippen LogP contribution in [-0.4, -0.2) is 50.9 Å². The van der Waals surface area contributed by atoms with E-state index in [0.717, 1.165) is 5.06 Å². The van der Waals surface area contributed by atoms with Crippen LogP contribution in [-0.2, 0) is 14.4 Å². The molecule has 0 N–H and O–H groups in total. The van der Waals surface area contributed by atoms with Gasteiger partial charge in [0, 0.05) is 7.05 Å². The van der Waals surface area contributed by atoms with Gasteiger partial charge in [-0.1, -0.05) is 0 Å². The third kappa shape index (κ3) is 4.43. The first-order valence-electron chi connectivity index (χ1n) is 3.79. The molecule has 1 unspecified atom stereocenters. The normalized spacial score (nSPS) is 13.0. The molecule has 0 aromatic heterocycles. The molecule has 84 valence electrons. The minimum Gasteiger partial charge on any atom is -0.360 e. The SMILES string of the molecule is CON(C)C(=O)COC(CF)C(F)F. The van der Waals surface area contributed by atoms with Crippen LogP contribution in [0.2, 0.25) is 0 Å². The van der Waals surface area contributed by atoms with E-state index in [2.05, 4.69) is 9.57 Å². The van der Waals surface area contributed by atoms with Gasteiger partial charge >= 0.3 is 0 Å². The number of amides is 1. The fourth-order valence-electron chi connectivity index (χ4n) is 0.556. The van der Waals surface area contributed by atoms with Crippen LogP contribution in [0.4, 0.5) is 13.2 Å². The zero-order valence-corrected chi connectivity index (χ0v) is 7.87. The van der Waals surface area contributed by atoms with Gasteiger partial charge in [-0.05, 0) is 0 Å². The maximum Gasteiger partial charge on any atom is 0.271 e. The van der Waals surface area contributed by atoms with Crippen molar-refractivity contribution in [2.45, 2.75) is 12.5 Å². The molecule has 0 heterocycles. The van der Waals surface area contributed by atoms with Gasteiger partial charge in [0.15, 0.2) is 0 Å². The quantitative estimate of drug-likeness (QED) is 0.610. The minimum atomic E-state index is -2.94. The molecular formula is C7H12F3NO3. The predicted molar refractivity (Wildman–Crippen MR) is 41.5 cm³/mol. The number of hydrogen-bond donors (Lipinski definition) is 0. The second-order valence-corrected chi connectivity index (χ2v) is 2.41. The largest absolute Gasteiger partial charge is 0.360 e. The Bertz CT molecular complexity index is 180. The predicted octanol–water partition coefficient (Wildman–Crippen LogP) is 0.626. The molecule has 0 saturated heterocycles. The average Bonchev–Trinajstić information content (AvgIpc) is 2.16. The van der Waals surface area contributed by atoms with Crippen molar-refractivity contribution >= 4 is 5.91 Å². The number of likely N-dealkylation sites (N-methyl/N-ethyl adjacent to an activating group) is 1. The molecule has 0 bridgehead atoms. The molecule has 0 rings (SSSR count). The van der Waals surface area contributed by atoms with E-state index in [0.29, 0.717) is 0 Å². The van der Waals surface area contributed by atoms with E-state index in [1.807, 2.05) is 0 Å². The number of hydroxylamine groups is 2. The third-order valence-electron chi connectivity index (χ3n) is 1.48. The Kier molecular flexibility index (Phi) is 6.22. The number of rotatable bonds is 6. The summed E-state index contributed by atoms with van der Waals surface area (Å²) in [4.78, 5) is 15.4. The highest BCUT2D eigenvalue weighted by Gasteiger charge is 2.22. The van der Waals surface area contributed by atoms with E-state index in [1.165, 1.54) is 14.2 Å². The molecule has 0 aliphatic rings. The van der Waals surface area contributed by atoms with Crippen LogP contribution in [0.1, 0.15) is 0 Å². The van der Waals surface area contributed by atoms with Crippen LogP contribution in [0.15, 0.2) is 0 Å². The van der Waals surface area contributed by atoms with E-state index >= 15 is 0 Å². The van der Waals surface area contributed by atoms with Gasteiger partial charge in [0.2, 0.25) is 0 Å². The second kappa shape index (κ2) is 6.61. The molecule has 0 fully saturated rings. The average molecular weight is 215 g/mol. The number of alkyl halides is 3. The Balaban J connectivity index is 3.85. The molecule has 0 spiro atoms. The maximum atomic E-state index is 11.9. The third-order valence-corrected chi connectivity index (χ3v) is 1.48. The van der Waals surface area contributed by atoms with Crippen molar-refractivity contribution in [1.82, 2.24) is 5.06 Å². The molecule has 4 nitrogen and oxygen atoms in total. The number of halogens is 3. The monoisotopic (exact) mass is 215 g/mol. The maximum absolute atomic E-state index is 11.9. The van der Waals surface area contributed by atoms with E-state index < -0.39 is 31.7 Å².